The Labute approximate surface area is 182 Å². The van der Waals surface area contributed by atoms with E-state index in [9.17, 15) is 32.8 Å². The van der Waals surface area contributed by atoms with E-state index < -0.39 is 35.5 Å². The number of amides is 3. The second-order valence-electron chi connectivity index (χ2n) is 8.15. The molecule has 0 spiro atoms. The van der Waals surface area contributed by atoms with Gasteiger partial charge in [-0.1, -0.05) is 25.7 Å². The smallest absolute Gasteiger partial charge is 0.309 e. The molecule has 1 aromatic rings. The lowest BCUT2D eigenvalue weighted by atomic mass is 9.92. The SMILES string of the molecule is O=CN(O)CC(CC1CCCC1)C(=O)N1NCCC1C(=O)Nc1cc(C(F)(F)F)ccn1. The molecule has 1 saturated carbocycles. The van der Waals surface area contributed by atoms with Gasteiger partial charge in [0, 0.05) is 12.7 Å². The highest BCUT2D eigenvalue weighted by Crippen LogP contribution is 2.32. The lowest BCUT2D eigenvalue weighted by Gasteiger charge is -2.29. The number of carbonyl (C=O) groups excluding carboxylic acids is 3. The van der Waals surface area contributed by atoms with Crippen molar-refractivity contribution >= 4 is 24.0 Å². The molecule has 2 fully saturated rings. The first-order valence-electron chi connectivity index (χ1n) is 10.5. The van der Waals surface area contributed by atoms with Crippen LogP contribution < -0.4 is 10.7 Å². The predicted molar refractivity (Wildman–Crippen MR) is 106 cm³/mol. The Kier molecular flexibility index (Phi) is 7.67. The number of hydrazine groups is 1. The summed E-state index contributed by atoms with van der Waals surface area (Å²) in [7, 11) is 0. The first-order chi connectivity index (χ1) is 15.2. The molecule has 1 aromatic heterocycles. The van der Waals surface area contributed by atoms with Gasteiger partial charge in [0.05, 0.1) is 18.0 Å². The van der Waals surface area contributed by atoms with Crippen LogP contribution in [-0.4, -0.2) is 57.6 Å². The number of halogens is 3. The van der Waals surface area contributed by atoms with Crippen molar-refractivity contribution in [3.05, 3.63) is 23.9 Å². The Morgan fingerprint density at radius 2 is 2.06 bits per heavy atom. The molecule has 176 valence electrons. The minimum Gasteiger partial charge on any atom is -0.309 e. The highest BCUT2D eigenvalue weighted by Gasteiger charge is 2.39. The zero-order chi connectivity index (χ0) is 23.3. The van der Waals surface area contributed by atoms with Crippen LogP contribution in [0.15, 0.2) is 18.3 Å². The molecule has 1 aliphatic heterocycles. The number of carbonyl (C=O) groups is 3. The average molecular weight is 457 g/mol. The van der Waals surface area contributed by atoms with Crippen LogP contribution in [0.2, 0.25) is 0 Å². The summed E-state index contributed by atoms with van der Waals surface area (Å²) in [6.07, 6.45) is 1.31. The van der Waals surface area contributed by atoms with Crippen molar-refractivity contribution in [2.45, 2.75) is 50.7 Å². The Morgan fingerprint density at radius 3 is 2.72 bits per heavy atom. The van der Waals surface area contributed by atoms with Gasteiger partial charge in [-0.15, -0.1) is 0 Å². The van der Waals surface area contributed by atoms with Crippen molar-refractivity contribution in [3.63, 3.8) is 0 Å². The van der Waals surface area contributed by atoms with Crippen LogP contribution in [0, 0.1) is 11.8 Å². The minimum atomic E-state index is -4.58. The van der Waals surface area contributed by atoms with E-state index in [1.54, 1.807) is 0 Å². The first-order valence-corrected chi connectivity index (χ1v) is 10.5. The van der Waals surface area contributed by atoms with Crippen molar-refractivity contribution in [1.29, 1.82) is 0 Å². The molecule has 2 heterocycles. The Bertz CT molecular complexity index is 832. The molecule has 32 heavy (non-hydrogen) atoms. The van der Waals surface area contributed by atoms with Gasteiger partial charge in [-0.05, 0) is 30.9 Å². The van der Waals surface area contributed by atoms with Crippen molar-refractivity contribution in [2.75, 3.05) is 18.4 Å². The molecule has 3 N–H and O–H groups in total. The predicted octanol–water partition coefficient (Wildman–Crippen LogP) is 2.19. The quantitative estimate of drug-likeness (QED) is 0.313. The van der Waals surface area contributed by atoms with Crippen LogP contribution in [0.5, 0.6) is 0 Å². The fourth-order valence-corrected chi connectivity index (χ4v) is 4.29. The second kappa shape index (κ2) is 10.3. The normalized spacial score (nSPS) is 20.2. The minimum absolute atomic E-state index is 0.208. The third-order valence-electron chi connectivity index (χ3n) is 5.86. The fraction of sp³-hybridized carbons (Fsp3) is 0.600. The molecule has 0 aromatic carbocycles. The van der Waals surface area contributed by atoms with Gasteiger partial charge in [-0.25, -0.2) is 15.5 Å². The molecular weight excluding hydrogens is 431 g/mol. The van der Waals surface area contributed by atoms with E-state index in [-0.39, 0.29) is 31.1 Å². The summed E-state index contributed by atoms with van der Waals surface area (Å²) in [5, 5.41) is 13.6. The number of hydrogen-bond donors (Lipinski definition) is 3. The van der Waals surface area contributed by atoms with Crippen LogP contribution in [0.25, 0.3) is 0 Å². The van der Waals surface area contributed by atoms with E-state index in [0.717, 1.165) is 49.0 Å². The summed E-state index contributed by atoms with van der Waals surface area (Å²) in [6.45, 7) is 0.104. The van der Waals surface area contributed by atoms with E-state index >= 15 is 0 Å². The number of aromatic nitrogens is 1. The average Bonchev–Trinajstić information content (AvgIpc) is 3.44. The molecule has 2 atom stereocenters. The molecule has 9 nitrogen and oxygen atoms in total. The standard InChI is InChI=1S/C20H26F3N5O4/c21-20(22,23)15-5-7-24-17(10-15)26-18(30)16-6-8-25-28(16)19(31)14(11-27(32)12-29)9-13-3-1-2-4-13/h5,7,10,12-14,16,25,32H,1-4,6,8-9,11H2,(H,24,26,30). The molecule has 0 radical (unpaired) electrons. The zero-order valence-electron chi connectivity index (χ0n) is 17.3. The third kappa shape index (κ3) is 5.94. The largest absolute Gasteiger partial charge is 0.416 e. The summed E-state index contributed by atoms with van der Waals surface area (Å²) in [5.74, 6) is -1.83. The van der Waals surface area contributed by atoms with E-state index in [1.807, 2.05) is 0 Å². The lowest BCUT2D eigenvalue weighted by molar-refractivity contribution is -0.159. The lowest BCUT2D eigenvalue weighted by Crippen LogP contribution is -2.51. The van der Waals surface area contributed by atoms with E-state index in [4.69, 9.17) is 0 Å². The molecular formula is C20H26F3N5O4. The molecule has 1 saturated heterocycles. The maximum absolute atomic E-state index is 13.2. The van der Waals surface area contributed by atoms with Gasteiger partial charge in [-0.2, -0.15) is 13.2 Å². The Balaban J connectivity index is 1.71. The summed E-state index contributed by atoms with van der Waals surface area (Å²) in [6, 6.07) is 0.556. The molecule has 3 amide bonds. The highest BCUT2D eigenvalue weighted by molar-refractivity contribution is 5.97. The number of rotatable bonds is 8. The summed E-state index contributed by atoms with van der Waals surface area (Å²) in [5.41, 5.74) is 1.89. The number of pyridine rings is 1. The third-order valence-corrected chi connectivity index (χ3v) is 5.86. The number of hydroxylamine groups is 2. The van der Waals surface area contributed by atoms with Gasteiger partial charge in [0.2, 0.25) is 18.2 Å². The van der Waals surface area contributed by atoms with Gasteiger partial charge >= 0.3 is 6.18 Å². The van der Waals surface area contributed by atoms with Gasteiger partial charge in [-0.3, -0.25) is 24.6 Å². The number of hydrogen-bond acceptors (Lipinski definition) is 6. The van der Waals surface area contributed by atoms with Crippen LogP contribution in [0.1, 0.15) is 44.1 Å². The topological polar surface area (TPSA) is 115 Å². The molecule has 3 rings (SSSR count). The van der Waals surface area contributed by atoms with Gasteiger partial charge in [0.25, 0.3) is 0 Å². The highest BCUT2D eigenvalue weighted by atomic mass is 19.4. The van der Waals surface area contributed by atoms with Crippen molar-refractivity contribution in [1.82, 2.24) is 20.5 Å². The number of nitrogens with zero attached hydrogens (tertiary/aromatic N) is 3. The van der Waals surface area contributed by atoms with Crippen molar-refractivity contribution < 1.29 is 32.8 Å². The molecule has 2 aliphatic rings. The number of alkyl halides is 3. The number of nitrogens with one attached hydrogen (secondary N) is 2. The fourth-order valence-electron chi connectivity index (χ4n) is 4.29. The van der Waals surface area contributed by atoms with Crippen LogP contribution in [0.4, 0.5) is 19.0 Å². The Hall–Kier alpha value is -2.73. The number of anilines is 1. The monoisotopic (exact) mass is 457 g/mol. The maximum atomic E-state index is 13.2. The molecule has 12 heteroatoms. The van der Waals surface area contributed by atoms with Crippen molar-refractivity contribution in [3.8, 4) is 0 Å². The van der Waals surface area contributed by atoms with Gasteiger partial charge in [0.1, 0.15) is 11.9 Å². The molecule has 2 unspecified atom stereocenters. The maximum Gasteiger partial charge on any atom is 0.416 e. The zero-order valence-corrected chi connectivity index (χ0v) is 17.3. The van der Waals surface area contributed by atoms with E-state index in [1.165, 1.54) is 0 Å². The molecule has 1 aliphatic carbocycles. The van der Waals surface area contributed by atoms with E-state index in [2.05, 4.69) is 15.7 Å². The first kappa shape index (κ1) is 23.9. The van der Waals surface area contributed by atoms with Crippen LogP contribution >= 0.6 is 0 Å². The summed E-state index contributed by atoms with van der Waals surface area (Å²) >= 11 is 0. The Morgan fingerprint density at radius 1 is 1.34 bits per heavy atom. The molecule has 0 bridgehead atoms. The summed E-state index contributed by atoms with van der Waals surface area (Å²) < 4.78 is 38.7. The van der Waals surface area contributed by atoms with Gasteiger partial charge in [0.15, 0.2) is 0 Å². The van der Waals surface area contributed by atoms with Crippen molar-refractivity contribution in [2.24, 2.45) is 11.8 Å². The van der Waals surface area contributed by atoms with Crippen LogP contribution in [0.3, 0.4) is 0 Å². The second-order valence-corrected chi connectivity index (χ2v) is 8.15. The van der Waals surface area contributed by atoms with E-state index in [0.29, 0.717) is 18.0 Å². The van der Waals surface area contributed by atoms with Gasteiger partial charge < -0.3 is 5.32 Å². The summed E-state index contributed by atoms with van der Waals surface area (Å²) in [4.78, 5) is 40.6. The van der Waals surface area contributed by atoms with Crippen LogP contribution in [-0.2, 0) is 20.6 Å².